The van der Waals surface area contributed by atoms with Crippen molar-refractivity contribution in [3.63, 3.8) is 0 Å². The standard InChI is InChI=1S/C15H17NO2/c1-12-11-13(5-4-10-17)7-8-14(12)16-9-3-2-6-15(16)18/h7-8,11,17H,2-3,6,9-10H2,1H3. The van der Waals surface area contributed by atoms with Crippen molar-refractivity contribution in [1.29, 1.82) is 0 Å². The monoisotopic (exact) mass is 243 g/mol. The van der Waals surface area contributed by atoms with Crippen molar-refractivity contribution in [3.05, 3.63) is 29.3 Å². The van der Waals surface area contributed by atoms with Gasteiger partial charge in [-0.2, -0.15) is 0 Å². The van der Waals surface area contributed by atoms with E-state index in [0.29, 0.717) is 6.42 Å². The summed E-state index contributed by atoms with van der Waals surface area (Å²) in [5.74, 6) is 5.70. The molecule has 0 radical (unpaired) electrons. The molecule has 1 aliphatic heterocycles. The Morgan fingerprint density at radius 2 is 2.22 bits per heavy atom. The van der Waals surface area contributed by atoms with E-state index in [2.05, 4.69) is 11.8 Å². The van der Waals surface area contributed by atoms with Crippen LogP contribution in [0.4, 0.5) is 5.69 Å². The fourth-order valence-corrected chi connectivity index (χ4v) is 2.24. The summed E-state index contributed by atoms with van der Waals surface area (Å²) in [6.07, 6.45) is 2.71. The Labute approximate surface area is 107 Å². The Bertz CT molecular complexity index is 511. The van der Waals surface area contributed by atoms with Crippen LogP contribution >= 0.6 is 0 Å². The number of hydrogen-bond donors (Lipinski definition) is 1. The van der Waals surface area contributed by atoms with Gasteiger partial charge in [-0.05, 0) is 43.5 Å². The molecule has 1 saturated heterocycles. The molecular formula is C15H17NO2. The van der Waals surface area contributed by atoms with Gasteiger partial charge in [-0.15, -0.1) is 0 Å². The molecule has 1 aromatic carbocycles. The van der Waals surface area contributed by atoms with Gasteiger partial charge in [0.05, 0.1) is 0 Å². The number of rotatable bonds is 1. The minimum Gasteiger partial charge on any atom is -0.384 e. The van der Waals surface area contributed by atoms with Gasteiger partial charge in [-0.25, -0.2) is 0 Å². The molecule has 0 unspecified atom stereocenters. The first-order valence-corrected chi connectivity index (χ1v) is 6.23. The Morgan fingerprint density at radius 3 is 2.89 bits per heavy atom. The normalized spacial score (nSPS) is 15.2. The lowest BCUT2D eigenvalue weighted by molar-refractivity contribution is -0.119. The van der Waals surface area contributed by atoms with E-state index >= 15 is 0 Å². The van der Waals surface area contributed by atoms with Crippen molar-refractivity contribution in [2.75, 3.05) is 18.1 Å². The maximum atomic E-state index is 11.9. The summed E-state index contributed by atoms with van der Waals surface area (Å²) in [7, 11) is 0. The molecule has 1 amide bonds. The smallest absolute Gasteiger partial charge is 0.226 e. The lowest BCUT2D eigenvalue weighted by atomic mass is 10.1. The molecular weight excluding hydrogens is 226 g/mol. The second-order valence-electron chi connectivity index (χ2n) is 4.46. The first kappa shape index (κ1) is 12.7. The molecule has 1 aliphatic rings. The van der Waals surface area contributed by atoms with Crippen molar-refractivity contribution >= 4 is 11.6 Å². The molecule has 94 valence electrons. The number of piperidine rings is 1. The number of aliphatic hydroxyl groups excluding tert-OH is 1. The molecule has 3 nitrogen and oxygen atoms in total. The predicted octanol–water partition coefficient (Wildman–Crippen LogP) is 1.86. The highest BCUT2D eigenvalue weighted by atomic mass is 16.2. The average molecular weight is 243 g/mol. The number of carbonyl (C=O) groups excluding carboxylic acids is 1. The molecule has 0 atom stereocenters. The molecule has 1 N–H and O–H groups in total. The molecule has 0 aliphatic carbocycles. The van der Waals surface area contributed by atoms with Crippen molar-refractivity contribution in [3.8, 4) is 11.8 Å². The molecule has 1 aromatic rings. The molecule has 0 bridgehead atoms. The van der Waals surface area contributed by atoms with Gasteiger partial charge in [-0.3, -0.25) is 4.79 Å². The van der Waals surface area contributed by atoms with Gasteiger partial charge in [0.1, 0.15) is 6.61 Å². The summed E-state index contributed by atoms with van der Waals surface area (Å²) >= 11 is 0. The van der Waals surface area contributed by atoms with Gasteiger partial charge in [0.15, 0.2) is 0 Å². The van der Waals surface area contributed by atoms with Gasteiger partial charge in [0, 0.05) is 24.2 Å². The van der Waals surface area contributed by atoms with Crippen LogP contribution < -0.4 is 4.90 Å². The van der Waals surface area contributed by atoms with E-state index in [1.165, 1.54) is 0 Å². The van der Waals surface area contributed by atoms with Gasteiger partial charge in [-0.1, -0.05) is 11.8 Å². The van der Waals surface area contributed by atoms with Crippen LogP contribution in [0.3, 0.4) is 0 Å². The van der Waals surface area contributed by atoms with E-state index in [4.69, 9.17) is 5.11 Å². The number of aryl methyl sites for hydroxylation is 1. The maximum absolute atomic E-state index is 11.9. The summed E-state index contributed by atoms with van der Waals surface area (Å²) in [5.41, 5.74) is 2.90. The molecule has 0 spiro atoms. The number of nitrogens with zero attached hydrogens (tertiary/aromatic N) is 1. The van der Waals surface area contributed by atoms with Crippen LogP contribution in [0.5, 0.6) is 0 Å². The minimum absolute atomic E-state index is 0.134. The predicted molar refractivity (Wildman–Crippen MR) is 71.3 cm³/mol. The first-order chi connectivity index (χ1) is 8.72. The van der Waals surface area contributed by atoms with E-state index in [1.54, 1.807) is 0 Å². The summed E-state index contributed by atoms with van der Waals surface area (Å²) in [6, 6.07) is 5.80. The average Bonchev–Trinajstić information content (AvgIpc) is 2.38. The molecule has 1 fully saturated rings. The van der Waals surface area contributed by atoms with E-state index in [9.17, 15) is 4.79 Å². The highest BCUT2D eigenvalue weighted by Gasteiger charge is 2.20. The zero-order valence-corrected chi connectivity index (χ0v) is 10.6. The fraction of sp³-hybridized carbons (Fsp3) is 0.400. The van der Waals surface area contributed by atoms with Crippen LogP contribution in [0.2, 0.25) is 0 Å². The number of carbonyl (C=O) groups is 1. The van der Waals surface area contributed by atoms with E-state index in [-0.39, 0.29) is 12.5 Å². The molecule has 1 heterocycles. The third-order valence-electron chi connectivity index (χ3n) is 3.12. The van der Waals surface area contributed by atoms with Crippen LogP contribution in [0.1, 0.15) is 30.4 Å². The minimum atomic E-state index is -0.134. The molecule has 18 heavy (non-hydrogen) atoms. The lowest BCUT2D eigenvalue weighted by Gasteiger charge is -2.28. The number of anilines is 1. The van der Waals surface area contributed by atoms with E-state index in [0.717, 1.165) is 36.2 Å². The second kappa shape index (κ2) is 5.70. The zero-order chi connectivity index (χ0) is 13.0. The molecule has 0 saturated carbocycles. The Balaban J connectivity index is 2.26. The number of benzene rings is 1. The SMILES string of the molecule is Cc1cc(C#CCO)ccc1N1CCCCC1=O. The van der Waals surface area contributed by atoms with Crippen molar-refractivity contribution in [2.24, 2.45) is 0 Å². The Hall–Kier alpha value is -1.79. The third kappa shape index (κ3) is 2.72. The van der Waals surface area contributed by atoms with Crippen molar-refractivity contribution in [2.45, 2.75) is 26.2 Å². The lowest BCUT2D eigenvalue weighted by Crippen LogP contribution is -2.35. The van der Waals surface area contributed by atoms with Crippen molar-refractivity contribution in [1.82, 2.24) is 0 Å². The van der Waals surface area contributed by atoms with E-state index < -0.39 is 0 Å². The topological polar surface area (TPSA) is 40.5 Å². The molecule has 0 aromatic heterocycles. The largest absolute Gasteiger partial charge is 0.384 e. The summed E-state index contributed by atoms with van der Waals surface area (Å²) in [4.78, 5) is 13.7. The van der Waals surface area contributed by atoms with Gasteiger partial charge in [0.2, 0.25) is 5.91 Å². The number of aliphatic hydroxyl groups is 1. The summed E-state index contributed by atoms with van der Waals surface area (Å²) < 4.78 is 0. The number of amides is 1. The van der Waals surface area contributed by atoms with Crippen LogP contribution in [0, 0.1) is 18.8 Å². The van der Waals surface area contributed by atoms with Crippen LogP contribution in [0.25, 0.3) is 0 Å². The highest BCUT2D eigenvalue weighted by Crippen LogP contribution is 2.25. The third-order valence-corrected chi connectivity index (χ3v) is 3.12. The van der Waals surface area contributed by atoms with E-state index in [1.807, 2.05) is 30.0 Å². The first-order valence-electron chi connectivity index (χ1n) is 6.23. The fourth-order valence-electron chi connectivity index (χ4n) is 2.24. The van der Waals surface area contributed by atoms with Gasteiger partial charge in [0.25, 0.3) is 0 Å². The Kier molecular flexibility index (Phi) is 4.01. The Morgan fingerprint density at radius 1 is 1.39 bits per heavy atom. The van der Waals surface area contributed by atoms with Crippen molar-refractivity contribution < 1.29 is 9.90 Å². The van der Waals surface area contributed by atoms with Gasteiger partial charge >= 0.3 is 0 Å². The number of hydrogen-bond acceptors (Lipinski definition) is 2. The second-order valence-corrected chi connectivity index (χ2v) is 4.46. The maximum Gasteiger partial charge on any atom is 0.226 e. The molecule has 3 heteroatoms. The van der Waals surface area contributed by atoms with Gasteiger partial charge < -0.3 is 10.0 Å². The molecule has 2 rings (SSSR count). The van der Waals surface area contributed by atoms with Crippen LogP contribution in [-0.2, 0) is 4.79 Å². The van der Waals surface area contributed by atoms with Crippen LogP contribution in [0.15, 0.2) is 18.2 Å². The summed E-state index contributed by atoms with van der Waals surface area (Å²) in [5, 5.41) is 8.66. The zero-order valence-electron chi connectivity index (χ0n) is 10.6. The quantitative estimate of drug-likeness (QED) is 0.765. The summed E-state index contributed by atoms with van der Waals surface area (Å²) in [6.45, 7) is 2.66. The highest BCUT2D eigenvalue weighted by molar-refractivity contribution is 5.94. The van der Waals surface area contributed by atoms with Crippen LogP contribution in [-0.4, -0.2) is 24.2 Å².